The molecule has 1 aromatic heterocycles. The molecule has 0 saturated heterocycles. The molecule has 1 N–H and O–H groups in total. The van der Waals surface area contributed by atoms with Crippen LogP contribution in [0.1, 0.15) is 11.1 Å². The van der Waals surface area contributed by atoms with E-state index < -0.39 is 0 Å². The second-order valence-corrected chi connectivity index (χ2v) is 4.81. The van der Waals surface area contributed by atoms with Gasteiger partial charge in [0.05, 0.1) is 0 Å². The SMILES string of the molecule is CNc1nc(Oc2cc(C)cc(C)c2)nc(N(C)C)n1. The lowest BCUT2D eigenvalue weighted by atomic mass is 10.1. The number of nitrogens with one attached hydrogen (secondary N) is 1. The summed E-state index contributed by atoms with van der Waals surface area (Å²) in [5.41, 5.74) is 2.27. The molecule has 0 atom stereocenters. The second-order valence-electron chi connectivity index (χ2n) is 4.81. The molecule has 6 heteroatoms. The van der Waals surface area contributed by atoms with E-state index in [0.717, 1.165) is 16.9 Å². The largest absolute Gasteiger partial charge is 0.424 e. The van der Waals surface area contributed by atoms with Gasteiger partial charge < -0.3 is 15.0 Å². The molecule has 0 spiro atoms. The van der Waals surface area contributed by atoms with Crippen molar-refractivity contribution in [2.24, 2.45) is 0 Å². The molecule has 20 heavy (non-hydrogen) atoms. The number of aromatic nitrogens is 3. The smallest absolute Gasteiger partial charge is 0.328 e. The minimum atomic E-state index is 0.276. The predicted molar refractivity (Wildman–Crippen MR) is 79.7 cm³/mol. The molecule has 0 aliphatic rings. The van der Waals surface area contributed by atoms with Crippen molar-refractivity contribution in [3.8, 4) is 11.8 Å². The molecule has 106 valence electrons. The van der Waals surface area contributed by atoms with Gasteiger partial charge in [-0.2, -0.15) is 15.0 Å². The number of benzene rings is 1. The first kappa shape index (κ1) is 14.0. The summed E-state index contributed by atoms with van der Waals surface area (Å²) in [5.74, 6) is 1.74. The van der Waals surface area contributed by atoms with Crippen molar-refractivity contribution < 1.29 is 4.74 Å². The first-order valence-corrected chi connectivity index (χ1v) is 6.35. The maximum atomic E-state index is 5.74. The summed E-state index contributed by atoms with van der Waals surface area (Å²) in [6.07, 6.45) is 0. The summed E-state index contributed by atoms with van der Waals surface area (Å²) < 4.78 is 5.74. The molecule has 0 fully saturated rings. The Kier molecular flexibility index (Phi) is 4.02. The first-order valence-electron chi connectivity index (χ1n) is 6.35. The molecular weight excluding hydrogens is 254 g/mol. The predicted octanol–water partition coefficient (Wildman–Crippen LogP) is 2.39. The Morgan fingerprint density at radius 3 is 2.20 bits per heavy atom. The Balaban J connectivity index is 2.34. The van der Waals surface area contributed by atoms with E-state index in [2.05, 4.69) is 26.3 Å². The molecule has 0 bridgehead atoms. The van der Waals surface area contributed by atoms with Crippen LogP contribution in [-0.2, 0) is 0 Å². The van der Waals surface area contributed by atoms with Gasteiger partial charge in [0, 0.05) is 21.1 Å². The van der Waals surface area contributed by atoms with Crippen molar-refractivity contribution in [1.82, 2.24) is 15.0 Å². The zero-order valence-corrected chi connectivity index (χ0v) is 12.4. The Hall–Kier alpha value is -2.37. The van der Waals surface area contributed by atoms with Crippen LogP contribution in [0.3, 0.4) is 0 Å². The molecular formula is C14H19N5O. The summed E-state index contributed by atoms with van der Waals surface area (Å²) in [6, 6.07) is 6.26. The monoisotopic (exact) mass is 273 g/mol. The Morgan fingerprint density at radius 2 is 1.65 bits per heavy atom. The highest BCUT2D eigenvalue weighted by Gasteiger charge is 2.09. The quantitative estimate of drug-likeness (QED) is 0.922. The van der Waals surface area contributed by atoms with Crippen molar-refractivity contribution >= 4 is 11.9 Å². The number of hydrogen-bond donors (Lipinski definition) is 1. The van der Waals surface area contributed by atoms with Gasteiger partial charge in [0.25, 0.3) is 0 Å². The van der Waals surface area contributed by atoms with Crippen molar-refractivity contribution in [1.29, 1.82) is 0 Å². The van der Waals surface area contributed by atoms with Crippen LogP contribution in [0.25, 0.3) is 0 Å². The molecule has 2 rings (SSSR count). The number of ether oxygens (including phenoxy) is 1. The zero-order chi connectivity index (χ0) is 14.7. The molecule has 0 aliphatic heterocycles. The molecule has 0 amide bonds. The zero-order valence-electron chi connectivity index (χ0n) is 12.4. The molecule has 2 aromatic rings. The Labute approximate surface area is 118 Å². The molecule has 0 aliphatic carbocycles. The fourth-order valence-corrected chi connectivity index (χ4v) is 1.80. The van der Waals surface area contributed by atoms with E-state index in [4.69, 9.17) is 4.74 Å². The van der Waals surface area contributed by atoms with Crippen LogP contribution in [0.4, 0.5) is 11.9 Å². The molecule has 0 radical (unpaired) electrons. The first-order chi connectivity index (χ1) is 9.47. The highest BCUT2D eigenvalue weighted by atomic mass is 16.5. The van der Waals surface area contributed by atoms with Crippen LogP contribution in [0.15, 0.2) is 18.2 Å². The lowest BCUT2D eigenvalue weighted by Crippen LogP contribution is -2.15. The summed E-state index contributed by atoms with van der Waals surface area (Å²) in [7, 11) is 5.50. The van der Waals surface area contributed by atoms with Gasteiger partial charge in [-0.1, -0.05) is 6.07 Å². The van der Waals surface area contributed by atoms with Crippen molar-refractivity contribution in [3.63, 3.8) is 0 Å². The number of anilines is 2. The van der Waals surface area contributed by atoms with Gasteiger partial charge in [-0.05, 0) is 37.1 Å². The third-order valence-corrected chi connectivity index (χ3v) is 2.63. The van der Waals surface area contributed by atoms with E-state index in [1.54, 1.807) is 11.9 Å². The molecule has 0 unspecified atom stereocenters. The summed E-state index contributed by atoms with van der Waals surface area (Å²) >= 11 is 0. The van der Waals surface area contributed by atoms with Crippen LogP contribution in [0, 0.1) is 13.8 Å². The summed E-state index contributed by atoms with van der Waals surface area (Å²) in [4.78, 5) is 14.5. The highest BCUT2D eigenvalue weighted by Crippen LogP contribution is 2.22. The average molecular weight is 273 g/mol. The third-order valence-electron chi connectivity index (χ3n) is 2.63. The van der Waals surface area contributed by atoms with E-state index in [1.807, 2.05) is 40.1 Å². The lowest BCUT2D eigenvalue weighted by molar-refractivity contribution is 0.440. The molecule has 0 saturated carbocycles. The van der Waals surface area contributed by atoms with Crippen molar-refractivity contribution in [3.05, 3.63) is 29.3 Å². The molecule has 6 nitrogen and oxygen atoms in total. The summed E-state index contributed by atoms with van der Waals surface area (Å²) in [6.45, 7) is 4.05. The lowest BCUT2D eigenvalue weighted by Gasteiger charge is -2.13. The Morgan fingerprint density at radius 1 is 1.00 bits per heavy atom. The van der Waals surface area contributed by atoms with E-state index >= 15 is 0 Å². The van der Waals surface area contributed by atoms with Crippen molar-refractivity contribution in [2.45, 2.75) is 13.8 Å². The molecule has 1 heterocycles. The van der Waals surface area contributed by atoms with Gasteiger partial charge in [0.1, 0.15) is 5.75 Å². The maximum absolute atomic E-state index is 5.74. The van der Waals surface area contributed by atoms with Gasteiger partial charge in [0.15, 0.2) is 0 Å². The number of nitrogens with zero attached hydrogens (tertiary/aromatic N) is 4. The number of hydrogen-bond acceptors (Lipinski definition) is 6. The number of rotatable bonds is 4. The van der Waals surface area contributed by atoms with Crippen LogP contribution < -0.4 is 15.0 Å². The van der Waals surface area contributed by atoms with Gasteiger partial charge in [-0.25, -0.2) is 0 Å². The van der Waals surface area contributed by atoms with Gasteiger partial charge in [-0.3, -0.25) is 0 Å². The third kappa shape index (κ3) is 3.34. The van der Waals surface area contributed by atoms with Gasteiger partial charge in [0.2, 0.25) is 11.9 Å². The van der Waals surface area contributed by atoms with Crippen molar-refractivity contribution in [2.75, 3.05) is 31.4 Å². The fraction of sp³-hybridized carbons (Fsp3) is 0.357. The fourth-order valence-electron chi connectivity index (χ4n) is 1.80. The van der Waals surface area contributed by atoms with Crippen LogP contribution in [0.5, 0.6) is 11.8 Å². The minimum Gasteiger partial charge on any atom is -0.424 e. The van der Waals surface area contributed by atoms with E-state index in [0.29, 0.717) is 11.9 Å². The van der Waals surface area contributed by atoms with E-state index in [-0.39, 0.29) is 6.01 Å². The van der Waals surface area contributed by atoms with Crippen LogP contribution in [0.2, 0.25) is 0 Å². The minimum absolute atomic E-state index is 0.276. The standard InChI is InChI=1S/C14H19N5O/c1-9-6-10(2)8-11(7-9)20-14-17-12(15-3)16-13(18-14)19(4)5/h6-8H,1-5H3,(H,15,16,17,18). The normalized spacial score (nSPS) is 10.2. The maximum Gasteiger partial charge on any atom is 0.328 e. The second kappa shape index (κ2) is 5.73. The highest BCUT2D eigenvalue weighted by molar-refractivity contribution is 5.39. The van der Waals surface area contributed by atoms with E-state index in [9.17, 15) is 0 Å². The number of aryl methyl sites for hydroxylation is 2. The van der Waals surface area contributed by atoms with E-state index in [1.165, 1.54) is 0 Å². The van der Waals surface area contributed by atoms with Crippen LogP contribution >= 0.6 is 0 Å². The Bertz CT molecular complexity index is 592. The average Bonchev–Trinajstić information content (AvgIpc) is 2.36. The van der Waals surface area contributed by atoms with Gasteiger partial charge >= 0.3 is 6.01 Å². The topological polar surface area (TPSA) is 63.2 Å². The van der Waals surface area contributed by atoms with Gasteiger partial charge in [-0.15, -0.1) is 0 Å². The summed E-state index contributed by atoms with van der Waals surface area (Å²) in [5, 5.41) is 2.90. The van der Waals surface area contributed by atoms with Crippen LogP contribution in [-0.4, -0.2) is 36.1 Å². The molecule has 1 aromatic carbocycles.